The molecule has 1 saturated heterocycles. The minimum atomic E-state index is -0.190. The fourth-order valence-electron chi connectivity index (χ4n) is 2.50. The summed E-state index contributed by atoms with van der Waals surface area (Å²) in [6, 6.07) is 9.98. The number of nitrogens with one attached hydrogen (secondary N) is 1. The third kappa shape index (κ3) is 4.73. The molecule has 1 heterocycles. The van der Waals surface area contributed by atoms with E-state index in [4.69, 9.17) is 5.73 Å². The summed E-state index contributed by atoms with van der Waals surface area (Å²) in [4.78, 5) is 27.7. The van der Waals surface area contributed by atoms with Crippen LogP contribution in [0.25, 0.3) is 0 Å². The van der Waals surface area contributed by atoms with Crippen LogP contribution in [0.15, 0.2) is 30.3 Å². The van der Waals surface area contributed by atoms with Crippen LogP contribution >= 0.6 is 0 Å². The van der Waals surface area contributed by atoms with Crippen LogP contribution in [0.2, 0.25) is 0 Å². The number of piperazine rings is 1. The van der Waals surface area contributed by atoms with E-state index in [1.807, 2.05) is 18.2 Å². The average molecular weight is 304 g/mol. The Morgan fingerprint density at radius 2 is 1.82 bits per heavy atom. The molecule has 0 saturated carbocycles. The van der Waals surface area contributed by atoms with Crippen molar-refractivity contribution in [3.8, 4) is 0 Å². The predicted molar refractivity (Wildman–Crippen MR) is 86.5 cm³/mol. The average Bonchev–Trinajstić information content (AvgIpc) is 2.53. The quantitative estimate of drug-likeness (QED) is 0.814. The Bertz CT molecular complexity index is 496. The SMILES string of the molecule is CC(N)CC(=O)NCC(=O)N1CCN(c2ccccc2)CC1. The summed E-state index contributed by atoms with van der Waals surface area (Å²) >= 11 is 0. The molecule has 6 nitrogen and oxygen atoms in total. The van der Waals surface area contributed by atoms with Crippen LogP contribution in [0.3, 0.4) is 0 Å². The number of anilines is 1. The highest BCUT2D eigenvalue weighted by atomic mass is 16.2. The van der Waals surface area contributed by atoms with Gasteiger partial charge < -0.3 is 20.9 Å². The van der Waals surface area contributed by atoms with Crippen molar-refractivity contribution >= 4 is 17.5 Å². The van der Waals surface area contributed by atoms with E-state index in [0.29, 0.717) is 13.1 Å². The molecule has 0 radical (unpaired) electrons. The summed E-state index contributed by atoms with van der Waals surface area (Å²) < 4.78 is 0. The molecule has 6 heteroatoms. The number of hydrogen-bond donors (Lipinski definition) is 2. The first-order valence-corrected chi connectivity index (χ1v) is 7.66. The van der Waals surface area contributed by atoms with Crippen molar-refractivity contribution in [2.45, 2.75) is 19.4 Å². The first-order chi connectivity index (χ1) is 10.6. The van der Waals surface area contributed by atoms with Crippen LogP contribution in [-0.4, -0.2) is 55.5 Å². The number of rotatable bonds is 5. The first-order valence-electron chi connectivity index (χ1n) is 7.66. The molecule has 1 aliphatic heterocycles. The zero-order valence-corrected chi connectivity index (χ0v) is 13.0. The van der Waals surface area contributed by atoms with Gasteiger partial charge in [0.05, 0.1) is 6.54 Å². The van der Waals surface area contributed by atoms with Crippen molar-refractivity contribution in [2.24, 2.45) is 5.73 Å². The summed E-state index contributed by atoms with van der Waals surface area (Å²) in [5, 5.41) is 2.63. The number of nitrogens with zero attached hydrogens (tertiary/aromatic N) is 2. The van der Waals surface area contributed by atoms with Crippen molar-refractivity contribution in [2.75, 3.05) is 37.6 Å². The van der Waals surface area contributed by atoms with E-state index in [1.54, 1.807) is 11.8 Å². The Morgan fingerprint density at radius 1 is 1.18 bits per heavy atom. The van der Waals surface area contributed by atoms with Gasteiger partial charge in [0.15, 0.2) is 0 Å². The van der Waals surface area contributed by atoms with Crippen LogP contribution in [0.4, 0.5) is 5.69 Å². The highest BCUT2D eigenvalue weighted by molar-refractivity contribution is 5.85. The maximum absolute atomic E-state index is 12.1. The molecule has 2 amide bonds. The number of carbonyl (C=O) groups is 2. The first kappa shape index (κ1) is 16.3. The molecule has 120 valence electrons. The third-order valence-electron chi connectivity index (χ3n) is 3.70. The van der Waals surface area contributed by atoms with Gasteiger partial charge in [-0.2, -0.15) is 0 Å². The summed E-state index contributed by atoms with van der Waals surface area (Å²) in [7, 11) is 0. The molecule has 0 bridgehead atoms. The number of hydrogen-bond acceptors (Lipinski definition) is 4. The number of nitrogens with two attached hydrogens (primary N) is 1. The molecule has 0 spiro atoms. The summed E-state index contributed by atoms with van der Waals surface area (Å²) in [6.45, 7) is 4.79. The van der Waals surface area contributed by atoms with Crippen molar-refractivity contribution in [1.29, 1.82) is 0 Å². The van der Waals surface area contributed by atoms with Gasteiger partial charge in [0.2, 0.25) is 11.8 Å². The number of para-hydroxylation sites is 1. The maximum atomic E-state index is 12.1. The topological polar surface area (TPSA) is 78.7 Å². The minimum absolute atomic E-state index is 0.0364. The minimum Gasteiger partial charge on any atom is -0.368 e. The fraction of sp³-hybridized carbons (Fsp3) is 0.500. The van der Waals surface area contributed by atoms with Gasteiger partial charge >= 0.3 is 0 Å². The Hall–Kier alpha value is -2.08. The van der Waals surface area contributed by atoms with Crippen LogP contribution in [0, 0.1) is 0 Å². The fourth-order valence-corrected chi connectivity index (χ4v) is 2.50. The lowest BCUT2D eigenvalue weighted by atomic mass is 10.2. The van der Waals surface area contributed by atoms with E-state index in [2.05, 4.69) is 22.3 Å². The van der Waals surface area contributed by atoms with E-state index in [0.717, 1.165) is 13.1 Å². The Labute approximate surface area is 131 Å². The molecule has 1 fully saturated rings. The second-order valence-electron chi connectivity index (χ2n) is 5.66. The molecule has 22 heavy (non-hydrogen) atoms. The van der Waals surface area contributed by atoms with Gasteiger partial charge in [-0.05, 0) is 19.1 Å². The summed E-state index contributed by atoms with van der Waals surface area (Å²) in [6.07, 6.45) is 0.245. The van der Waals surface area contributed by atoms with Crippen molar-refractivity contribution < 1.29 is 9.59 Å². The number of amides is 2. The van der Waals surface area contributed by atoms with Gasteiger partial charge in [0, 0.05) is 44.3 Å². The van der Waals surface area contributed by atoms with Crippen molar-refractivity contribution in [1.82, 2.24) is 10.2 Å². The third-order valence-corrected chi connectivity index (χ3v) is 3.70. The molecule has 1 atom stereocenters. The van der Waals surface area contributed by atoms with Crippen molar-refractivity contribution in [3.63, 3.8) is 0 Å². The smallest absolute Gasteiger partial charge is 0.242 e. The van der Waals surface area contributed by atoms with E-state index in [-0.39, 0.29) is 30.8 Å². The molecule has 3 N–H and O–H groups in total. The second-order valence-corrected chi connectivity index (χ2v) is 5.66. The molecule has 0 aliphatic carbocycles. The number of benzene rings is 1. The zero-order valence-electron chi connectivity index (χ0n) is 13.0. The summed E-state index contributed by atoms with van der Waals surface area (Å²) in [5.41, 5.74) is 6.73. The molecule has 0 aromatic heterocycles. The lowest BCUT2D eigenvalue weighted by molar-refractivity contribution is -0.133. The van der Waals surface area contributed by atoms with Gasteiger partial charge in [-0.3, -0.25) is 9.59 Å². The van der Waals surface area contributed by atoms with Crippen LogP contribution in [0.1, 0.15) is 13.3 Å². The Balaban J connectivity index is 1.74. The summed E-state index contributed by atoms with van der Waals surface area (Å²) in [5.74, 6) is -0.211. The molecule has 1 unspecified atom stereocenters. The van der Waals surface area contributed by atoms with Crippen LogP contribution < -0.4 is 16.0 Å². The van der Waals surface area contributed by atoms with Crippen LogP contribution in [-0.2, 0) is 9.59 Å². The molecule has 1 aromatic rings. The van der Waals surface area contributed by atoms with Gasteiger partial charge in [-0.25, -0.2) is 0 Å². The monoisotopic (exact) mass is 304 g/mol. The highest BCUT2D eigenvalue weighted by Crippen LogP contribution is 2.15. The highest BCUT2D eigenvalue weighted by Gasteiger charge is 2.21. The van der Waals surface area contributed by atoms with Gasteiger partial charge in [-0.15, -0.1) is 0 Å². The van der Waals surface area contributed by atoms with E-state index in [1.165, 1.54) is 5.69 Å². The lowest BCUT2D eigenvalue weighted by Crippen LogP contribution is -2.51. The largest absolute Gasteiger partial charge is 0.368 e. The number of carbonyl (C=O) groups excluding carboxylic acids is 2. The van der Waals surface area contributed by atoms with Crippen LogP contribution in [0.5, 0.6) is 0 Å². The Kier molecular flexibility index (Phi) is 5.77. The van der Waals surface area contributed by atoms with E-state index in [9.17, 15) is 9.59 Å². The molecule has 1 aliphatic rings. The van der Waals surface area contributed by atoms with Gasteiger partial charge in [-0.1, -0.05) is 18.2 Å². The molecule has 1 aromatic carbocycles. The molecular weight excluding hydrogens is 280 g/mol. The predicted octanol–water partition coefficient (Wildman–Crippen LogP) is 0.189. The van der Waals surface area contributed by atoms with E-state index < -0.39 is 0 Å². The standard InChI is InChI=1S/C16H24N4O2/c1-13(17)11-15(21)18-12-16(22)20-9-7-19(8-10-20)14-5-3-2-4-6-14/h2-6,13H,7-12,17H2,1H3,(H,18,21). The molecular formula is C16H24N4O2. The van der Waals surface area contributed by atoms with E-state index >= 15 is 0 Å². The maximum Gasteiger partial charge on any atom is 0.242 e. The second kappa shape index (κ2) is 7.79. The van der Waals surface area contributed by atoms with Crippen molar-refractivity contribution in [3.05, 3.63) is 30.3 Å². The van der Waals surface area contributed by atoms with Gasteiger partial charge in [0.25, 0.3) is 0 Å². The lowest BCUT2D eigenvalue weighted by Gasteiger charge is -2.36. The van der Waals surface area contributed by atoms with Gasteiger partial charge in [0.1, 0.15) is 0 Å². The molecule has 2 rings (SSSR count). The normalized spacial score (nSPS) is 16.3. The zero-order chi connectivity index (χ0) is 15.9. The Morgan fingerprint density at radius 3 is 2.41 bits per heavy atom.